The molecular weight excluding hydrogens is 395 g/mol. The van der Waals surface area contributed by atoms with Gasteiger partial charge in [0, 0.05) is 35.9 Å². The van der Waals surface area contributed by atoms with E-state index in [0.29, 0.717) is 35.2 Å². The zero-order valence-electron chi connectivity index (χ0n) is 16.1. The van der Waals surface area contributed by atoms with Crippen molar-refractivity contribution in [2.75, 3.05) is 29.9 Å². The molecule has 0 aromatic heterocycles. The number of carbonyl (C=O) groups is 1. The van der Waals surface area contributed by atoms with Gasteiger partial charge in [-0.05, 0) is 67.6 Å². The molecule has 1 saturated heterocycles. The summed E-state index contributed by atoms with van der Waals surface area (Å²) in [4.78, 5) is 14.5. The van der Waals surface area contributed by atoms with E-state index in [1.165, 1.54) is 18.5 Å². The minimum absolute atomic E-state index is 0.0228. The maximum Gasteiger partial charge on any atom is 0.224 e. The Labute approximate surface area is 176 Å². The minimum Gasteiger partial charge on any atom is -0.492 e. The van der Waals surface area contributed by atoms with Gasteiger partial charge >= 0.3 is 0 Å². The molecule has 1 aliphatic rings. The molecule has 0 radical (unpaired) electrons. The number of ether oxygens (including phenoxy) is 1. The van der Waals surface area contributed by atoms with Gasteiger partial charge in [-0.15, -0.1) is 0 Å². The van der Waals surface area contributed by atoms with Gasteiger partial charge in [0.25, 0.3) is 0 Å². The third kappa shape index (κ3) is 6.05. The van der Waals surface area contributed by atoms with E-state index in [9.17, 15) is 4.79 Å². The van der Waals surface area contributed by atoms with Crippen LogP contribution in [0, 0.1) is 5.92 Å². The summed E-state index contributed by atoms with van der Waals surface area (Å²) >= 11 is 11.9. The summed E-state index contributed by atoms with van der Waals surface area (Å²) in [7, 11) is 0. The third-order valence-electron chi connectivity index (χ3n) is 5.00. The van der Waals surface area contributed by atoms with E-state index in [0.717, 1.165) is 24.7 Å². The van der Waals surface area contributed by atoms with Gasteiger partial charge in [0.1, 0.15) is 5.75 Å². The number of hydrogen-bond donors (Lipinski definition) is 1. The first-order valence-corrected chi connectivity index (χ1v) is 10.5. The average Bonchev–Trinajstić information content (AvgIpc) is 2.68. The summed E-state index contributed by atoms with van der Waals surface area (Å²) in [5.74, 6) is 1.37. The van der Waals surface area contributed by atoms with Crippen LogP contribution in [0.4, 0.5) is 11.4 Å². The van der Waals surface area contributed by atoms with E-state index in [1.807, 2.05) is 12.1 Å². The van der Waals surface area contributed by atoms with Gasteiger partial charge in [-0.25, -0.2) is 0 Å². The van der Waals surface area contributed by atoms with Crippen LogP contribution in [-0.2, 0) is 4.79 Å². The fourth-order valence-corrected chi connectivity index (χ4v) is 3.72. The van der Waals surface area contributed by atoms with Crippen LogP contribution in [0.2, 0.25) is 10.0 Å². The maximum atomic E-state index is 12.1. The van der Waals surface area contributed by atoms with Crippen molar-refractivity contribution in [3.8, 4) is 5.75 Å². The van der Waals surface area contributed by atoms with Crippen LogP contribution in [0.15, 0.2) is 42.5 Å². The number of nitrogens with one attached hydrogen (secondary N) is 1. The van der Waals surface area contributed by atoms with E-state index in [-0.39, 0.29) is 5.91 Å². The SMILES string of the molecule is CC1CCN(c2ccc(NC(=O)CCCOc3ccc(Cl)cc3Cl)cc2)CC1. The van der Waals surface area contributed by atoms with Crippen molar-refractivity contribution < 1.29 is 9.53 Å². The van der Waals surface area contributed by atoms with Crippen LogP contribution in [0.3, 0.4) is 0 Å². The highest BCUT2D eigenvalue weighted by Crippen LogP contribution is 2.28. The molecule has 0 bridgehead atoms. The largest absolute Gasteiger partial charge is 0.492 e. The normalized spacial score (nSPS) is 14.8. The molecule has 1 aliphatic heterocycles. The molecular formula is C22H26Cl2N2O2. The Morgan fingerprint density at radius 1 is 1.14 bits per heavy atom. The van der Waals surface area contributed by atoms with E-state index >= 15 is 0 Å². The Kier molecular flexibility index (Phi) is 7.46. The van der Waals surface area contributed by atoms with Crippen molar-refractivity contribution in [2.24, 2.45) is 5.92 Å². The summed E-state index contributed by atoms with van der Waals surface area (Å²) in [6.45, 7) is 4.93. The Balaban J connectivity index is 1.39. The lowest BCUT2D eigenvalue weighted by Gasteiger charge is -2.32. The lowest BCUT2D eigenvalue weighted by atomic mass is 9.99. The van der Waals surface area contributed by atoms with Gasteiger partial charge in [-0.2, -0.15) is 0 Å². The molecule has 0 unspecified atom stereocenters. The molecule has 28 heavy (non-hydrogen) atoms. The molecule has 150 valence electrons. The fraction of sp³-hybridized carbons (Fsp3) is 0.409. The monoisotopic (exact) mass is 420 g/mol. The molecule has 0 saturated carbocycles. The molecule has 0 atom stereocenters. The zero-order chi connectivity index (χ0) is 19.9. The Bertz CT molecular complexity index is 788. The molecule has 4 nitrogen and oxygen atoms in total. The van der Waals surface area contributed by atoms with E-state index in [2.05, 4.69) is 29.3 Å². The summed E-state index contributed by atoms with van der Waals surface area (Å²) < 4.78 is 5.61. The van der Waals surface area contributed by atoms with Crippen LogP contribution in [0.1, 0.15) is 32.6 Å². The summed E-state index contributed by atoms with van der Waals surface area (Å²) in [6, 6.07) is 13.2. The number of carbonyl (C=O) groups excluding carboxylic acids is 1. The van der Waals surface area contributed by atoms with E-state index in [4.69, 9.17) is 27.9 Å². The number of amides is 1. The first-order chi connectivity index (χ1) is 13.5. The topological polar surface area (TPSA) is 41.6 Å². The lowest BCUT2D eigenvalue weighted by molar-refractivity contribution is -0.116. The lowest BCUT2D eigenvalue weighted by Crippen LogP contribution is -2.32. The van der Waals surface area contributed by atoms with E-state index < -0.39 is 0 Å². The summed E-state index contributed by atoms with van der Waals surface area (Å²) in [5, 5.41) is 3.98. The molecule has 1 fully saturated rings. The van der Waals surface area contributed by atoms with Crippen molar-refractivity contribution >= 4 is 40.5 Å². The van der Waals surface area contributed by atoms with Gasteiger partial charge in [0.2, 0.25) is 5.91 Å². The standard InChI is InChI=1S/C22H26Cl2N2O2/c1-16-10-12-26(13-11-16)19-7-5-18(6-8-19)25-22(27)3-2-14-28-21-9-4-17(23)15-20(21)24/h4-9,15-16H,2-3,10-14H2,1H3,(H,25,27). The van der Waals surface area contributed by atoms with Gasteiger partial charge in [-0.1, -0.05) is 30.1 Å². The first kappa shape index (κ1) is 20.8. The van der Waals surface area contributed by atoms with Crippen molar-refractivity contribution in [3.05, 3.63) is 52.5 Å². The smallest absolute Gasteiger partial charge is 0.224 e. The maximum absolute atomic E-state index is 12.1. The molecule has 6 heteroatoms. The fourth-order valence-electron chi connectivity index (χ4n) is 3.25. The number of benzene rings is 2. The zero-order valence-corrected chi connectivity index (χ0v) is 17.6. The Hall–Kier alpha value is -1.91. The van der Waals surface area contributed by atoms with Gasteiger partial charge in [0.05, 0.1) is 11.6 Å². The van der Waals surface area contributed by atoms with Crippen LogP contribution in [0.25, 0.3) is 0 Å². The third-order valence-corrected chi connectivity index (χ3v) is 5.53. The van der Waals surface area contributed by atoms with Gasteiger partial charge in [-0.3, -0.25) is 4.79 Å². The van der Waals surface area contributed by atoms with Crippen molar-refractivity contribution in [1.82, 2.24) is 0 Å². The molecule has 3 rings (SSSR count). The highest BCUT2D eigenvalue weighted by molar-refractivity contribution is 6.35. The predicted molar refractivity (Wildman–Crippen MR) is 117 cm³/mol. The average molecular weight is 421 g/mol. The number of halogens is 2. The highest BCUT2D eigenvalue weighted by Gasteiger charge is 2.15. The summed E-state index contributed by atoms with van der Waals surface area (Å²) in [6.07, 6.45) is 3.47. The van der Waals surface area contributed by atoms with E-state index in [1.54, 1.807) is 18.2 Å². The summed E-state index contributed by atoms with van der Waals surface area (Å²) in [5.41, 5.74) is 2.04. The molecule has 0 spiro atoms. The molecule has 1 N–H and O–H groups in total. The molecule has 2 aromatic carbocycles. The van der Waals surface area contributed by atoms with Crippen LogP contribution in [-0.4, -0.2) is 25.6 Å². The van der Waals surface area contributed by atoms with Crippen molar-refractivity contribution in [2.45, 2.75) is 32.6 Å². The minimum atomic E-state index is -0.0228. The van der Waals surface area contributed by atoms with Crippen molar-refractivity contribution in [1.29, 1.82) is 0 Å². The van der Waals surface area contributed by atoms with Gasteiger partial charge < -0.3 is 15.0 Å². The van der Waals surface area contributed by atoms with Crippen LogP contribution >= 0.6 is 23.2 Å². The van der Waals surface area contributed by atoms with Crippen molar-refractivity contribution in [3.63, 3.8) is 0 Å². The molecule has 0 aliphatic carbocycles. The predicted octanol–water partition coefficient (Wildman–Crippen LogP) is 6.03. The molecule has 1 heterocycles. The number of hydrogen-bond acceptors (Lipinski definition) is 3. The number of rotatable bonds is 7. The molecule has 2 aromatic rings. The Morgan fingerprint density at radius 2 is 1.86 bits per heavy atom. The second-order valence-electron chi connectivity index (χ2n) is 7.29. The Morgan fingerprint density at radius 3 is 2.54 bits per heavy atom. The number of piperidine rings is 1. The number of anilines is 2. The molecule has 1 amide bonds. The first-order valence-electron chi connectivity index (χ1n) is 9.74. The second kappa shape index (κ2) is 10.0. The van der Waals surface area contributed by atoms with Gasteiger partial charge in [0.15, 0.2) is 0 Å². The van der Waals surface area contributed by atoms with Crippen LogP contribution < -0.4 is 15.0 Å². The number of nitrogens with zero attached hydrogens (tertiary/aromatic N) is 1. The second-order valence-corrected chi connectivity index (χ2v) is 8.14. The highest BCUT2D eigenvalue weighted by atomic mass is 35.5. The quantitative estimate of drug-likeness (QED) is 0.556. The van der Waals surface area contributed by atoms with Crippen LogP contribution in [0.5, 0.6) is 5.75 Å².